The van der Waals surface area contributed by atoms with E-state index in [0.717, 1.165) is 15.6 Å². The average molecular weight is 317 g/mol. The number of benzene rings is 2. The number of hydrogen-bond donors (Lipinski definition) is 2. The molecule has 0 bridgehead atoms. The number of rotatable bonds is 2. The number of carbonyl (C=O) groups excluding carboxylic acids is 1. The Morgan fingerprint density at radius 3 is 2.71 bits per heavy atom. The highest BCUT2D eigenvalue weighted by atomic mass is 35.5. The Hall–Kier alpha value is -2.04. The molecule has 106 valence electrons. The topological polar surface area (TPSA) is 55.1 Å². The Morgan fingerprint density at radius 2 is 2.00 bits per heavy atom. The lowest BCUT2D eigenvalue weighted by molar-refractivity contribution is 0.103. The van der Waals surface area contributed by atoms with Crippen LogP contribution in [0.2, 0.25) is 5.02 Å². The van der Waals surface area contributed by atoms with Crippen molar-refractivity contribution in [1.82, 2.24) is 0 Å². The zero-order valence-corrected chi connectivity index (χ0v) is 12.9. The predicted octanol–water partition coefficient (Wildman–Crippen LogP) is 4.70. The van der Waals surface area contributed by atoms with Crippen LogP contribution >= 0.6 is 22.9 Å². The summed E-state index contributed by atoms with van der Waals surface area (Å²) in [5.74, 6) is -0.237. The quantitative estimate of drug-likeness (QED) is 0.720. The Morgan fingerprint density at radius 1 is 1.24 bits per heavy atom. The third-order valence-electron chi connectivity index (χ3n) is 3.21. The van der Waals surface area contributed by atoms with Crippen molar-refractivity contribution in [2.24, 2.45) is 0 Å². The Kier molecular flexibility index (Phi) is 3.57. The molecule has 0 aliphatic carbocycles. The molecule has 21 heavy (non-hydrogen) atoms. The lowest BCUT2D eigenvalue weighted by atomic mass is 10.2. The fraction of sp³-hybridized carbons (Fsp3) is 0.0625. The molecule has 3 N–H and O–H groups in total. The number of aryl methyl sites for hydroxylation is 1. The normalized spacial score (nSPS) is 10.8. The highest BCUT2D eigenvalue weighted by Crippen LogP contribution is 2.34. The Balaban J connectivity index is 1.95. The first-order valence-corrected chi connectivity index (χ1v) is 7.60. The van der Waals surface area contributed by atoms with Crippen LogP contribution in [-0.4, -0.2) is 5.91 Å². The van der Waals surface area contributed by atoms with E-state index < -0.39 is 0 Å². The van der Waals surface area contributed by atoms with Crippen LogP contribution in [0.5, 0.6) is 0 Å². The van der Waals surface area contributed by atoms with Gasteiger partial charge in [0, 0.05) is 10.1 Å². The summed E-state index contributed by atoms with van der Waals surface area (Å²) < 4.78 is 0.996. The van der Waals surface area contributed by atoms with Gasteiger partial charge in [-0.25, -0.2) is 0 Å². The summed E-state index contributed by atoms with van der Waals surface area (Å²) in [5, 5.41) is 4.24. The number of nitrogens with two attached hydrogens (primary N) is 1. The lowest BCUT2D eigenvalue weighted by Crippen LogP contribution is -2.12. The number of amides is 1. The molecular weight excluding hydrogens is 304 g/mol. The van der Waals surface area contributed by atoms with Crippen LogP contribution in [0.1, 0.15) is 15.2 Å². The largest absolute Gasteiger partial charge is 0.397 e. The molecule has 1 amide bonds. The zero-order chi connectivity index (χ0) is 15.0. The molecule has 0 spiro atoms. The van der Waals surface area contributed by atoms with Gasteiger partial charge in [0.15, 0.2) is 0 Å². The van der Waals surface area contributed by atoms with Crippen LogP contribution < -0.4 is 11.1 Å². The second-order valence-electron chi connectivity index (χ2n) is 4.78. The van der Waals surface area contributed by atoms with Crippen molar-refractivity contribution < 1.29 is 4.79 Å². The van der Waals surface area contributed by atoms with Gasteiger partial charge in [-0.1, -0.05) is 35.9 Å². The molecule has 5 heteroatoms. The van der Waals surface area contributed by atoms with E-state index in [1.165, 1.54) is 11.3 Å². The van der Waals surface area contributed by atoms with E-state index in [9.17, 15) is 4.79 Å². The van der Waals surface area contributed by atoms with E-state index in [0.29, 0.717) is 21.3 Å². The van der Waals surface area contributed by atoms with Gasteiger partial charge in [0.2, 0.25) is 0 Å². The summed E-state index contributed by atoms with van der Waals surface area (Å²) in [4.78, 5) is 12.9. The van der Waals surface area contributed by atoms with E-state index in [2.05, 4.69) is 5.32 Å². The number of carbonyl (C=O) groups is 1. The maximum absolute atomic E-state index is 12.4. The number of hydrogen-bond acceptors (Lipinski definition) is 3. The first kappa shape index (κ1) is 13.9. The Bertz CT molecular complexity index is 841. The third kappa shape index (κ3) is 2.60. The average Bonchev–Trinajstić information content (AvgIpc) is 2.80. The maximum Gasteiger partial charge on any atom is 0.267 e. The minimum Gasteiger partial charge on any atom is -0.397 e. The summed E-state index contributed by atoms with van der Waals surface area (Å²) in [6.45, 7) is 1.95. The highest BCUT2D eigenvalue weighted by molar-refractivity contribution is 7.21. The van der Waals surface area contributed by atoms with Crippen LogP contribution in [0.4, 0.5) is 11.4 Å². The van der Waals surface area contributed by atoms with Crippen molar-refractivity contribution in [2.75, 3.05) is 11.1 Å². The van der Waals surface area contributed by atoms with Crippen LogP contribution in [0, 0.1) is 6.92 Å². The third-order valence-corrected chi connectivity index (χ3v) is 4.71. The van der Waals surface area contributed by atoms with Gasteiger partial charge in [0.05, 0.1) is 16.4 Å². The molecule has 2 aromatic carbocycles. The van der Waals surface area contributed by atoms with Crippen LogP contribution in [0.25, 0.3) is 10.1 Å². The van der Waals surface area contributed by atoms with Crippen LogP contribution in [0.15, 0.2) is 42.5 Å². The molecule has 0 saturated heterocycles. The van der Waals surface area contributed by atoms with Crippen LogP contribution in [0.3, 0.4) is 0 Å². The summed E-state index contributed by atoms with van der Waals surface area (Å²) in [7, 11) is 0. The van der Waals surface area contributed by atoms with Gasteiger partial charge >= 0.3 is 0 Å². The van der Waals surface area contributed by atoms with E-state index >= 15 is 0 Å². The SMILES string of the molecule is Cc1ccc(NC(=O)c2sc3ccccc3c2N)c(Cl)c1. The van der Waals surface area contributed by atoms with Crippen molar-refractivity contribution in [3.05, 3.63) is 57.9 Å². The molecule has 0 saturated carbocycles. The molecule has 0 aliphatic heterocycles. The van der Waals surface area contributed by atoms with Gasteiger partial charge in [-0.05, 0) is 30.7 Å². The molecule has 0 aliphatic rings. The number of halogens is 1. The molecule has 0 radical (unpaired) electrons. The first-order chi connectivity index (χ1) is 10.1. The molecule has 0 unspecified atom stereocenters. The van der Waals surface area contributed by atoms with Gasteiger partial charge < -0.3 is 11.1 Å². The van der Waals surface area contributed by atoms with Gasteiger partial charge in [-0.2, -0.15) is 0 Å². The van der Waals surface area contributed by atoms with E-state index in [-0.39, 0.29) is 5.91 Å². The van der Waals surface area contributed by atoms with Crippen molar-refractivity contribution >= 4 is 50.3 Å². The molecular formula is C16H13ClN2OS. The Labute approximate surface area is 131 Å². The number of thiophene rings is 1. The predicted molar refractivity (Wildman–Crippen MR) is 90.4 cm³/mol. The highest BCUT2D eigenvalue weighted by Gasteiger charge is 2.17. The second kappa shape index (κ2) is 5.39. The van der Waals surface area contributed by atoms with Crippen molar-refractivity contribution in [3.8, 4) is 0 Å². The number of anilines is 2. The maximum atomic E-state index is 12.4. The molecule has 1 aromatic heterocycles. The molecule has 3 nitrogen and oxygen atoms in total. The summed E-state index contributed by atoms with van der Waals surface area (Å²) in [6, 6.07) is 13.2. The zero-order valence-electron chi connectivity index (χ0n) is 11.3. The molecule has 1 heterocycles. The van der Waals surface area contributed by atoms with Crippen molar-refractivity contribution in [2.45, 2.75) is 6.92 Å². The molecule has 0 fully saturated rings. The molecule has 0 atom stereocenters. The van der Waals surface area contributed by atoms with E-state index in [1.807, 2.05) is 43.3 Å². The smallest absolute Gasteiger partial charge is 0.267 e. The summed E-state index contributed by atoms with van der Waals surface area (Å²) >= 11 is 7.52. The molecule has 3 aromatic rings. The first-order valence-electron chi connectivity index (χ1n) is 6.41. The standard InChI is InChI=1S/C16H13ClN2OS/c1-9-6-7-12(11(17)8-9)19-16(20)15-14(18)10-4-2-3-5-13(10)21-15/h2-8H,18H2,1H3,(H,19,20). The number of nitrogen functional groups attached to an aromatic ring is 1. The van der Waals surface area contributed by atoms with Crippen LogP contribution in [-0.2, 0) is 0 Å². The van der Waals surface area contributed by atoms with Crippen molar-refractivity contribution in [1.29, 1.82) is 0 Å². The van der Waals surface area contributed by atoms with E-state index in [4.69, 9.17) is 17.3 Å². The monoisotopic (exact) mass is 316 g/mol. The summed E-state index contributed by atoms with van der Waals surface area (Å²) in [6.07, 6.45) is 0. The fourth-order valence-electron chi connectivity index (χ4n) is 2.13. The van der Waals surface area contributed by atoms with Gasteiger partial charge in [-0.15, -0.1) is 11.3 Å². The summed E-state index contributed by atoms with van der Waals surface area (Å²) in [5.41, 5.74) is 8.21. The van der Waals surface area contributed by atoms with Gasteiger partial charge in [0.1, 0.15) is 4.88 Å². The van der Waals surface area contributed by atoms with Crippen molar-refractivity contribution in [3.63, 3.8) is 0 Å². The minimum absolute atomic E-state index is 0.237. The number of nitrogens with one attached hydrogen (secondary N) is 1. The lowest BCUT2D eigenvalue weighted by Gasteiger charge is -2.07. The number of fused-ring (bicyclic) bond motifs is 1. The van der Waals surface area contributed by atoms with E-state index in [1.54, 1.807) is 6.07 Å². The van der Waals surface area contributed by atoms with Gasteiger partial charge in [-0.3, -0.25) is 4.79 Å². The fourth-order valence-corrected chi connectivity index (χ4v) is 3.44. The molecule has 3 rings (SSSR count). The van der Waals surface area contributed by atoms with Gasteiger partial charge in [0.25, 0.3) is 5.91 Å². The minimum atomic E-state index is -0.237. The second-order valence-corrected chi connectivity index (χ2v) is 6.24.